The molecular weight excluding hydrogens is 270 g/mol. The number of nitrogens with two attached hydrogens (primary N) is 1. The number of hydrogen-bond donors (Lipinski definition) is 1. The highest BCUT2D eigenvalue weighted by atomic mass is 16.2. The number of urea groups is 2. The zero-order valence-corrected chi connectivity index (χ0v) is 12.7. The Morgan fingerprint density at radius 2 is 2.05 bits per heavy atom. The highest BCUT2D eigenvalue weighted by Gasteiger charge is 2.52. The maximum absolute atomic E-state index is 12.1. The fourth-order valence-corrected chi connectivity index (χ4v) is 3.03. The average molecular weight is 291 g/mol. The van der Waals surface area contributed by atoms with Gasteiger partial charge < -0.3 is 15.5 Å². The van der Waals surface area contributed by atoms with Gasteiger partial charge in [0.25, 0.3) is 0 Å². The van der Waals surface area contributed by atoms with Gasteiger partial charge in [-0.1, -0.05) is 5.92 Å². The van der Waals surface area contributed by atoms with Crippen LogP contribution in [0.1, 0.15) is 19.8 Å². The van der Waals surface area contributed by atoms with Gasteiger partial charge in [-0.2, -0.15) is 4.99 Å². The number of amides is 4. The van der Waals surface area contributed by atoms with Crippen LogP contribution in [0.3, 0.4) is 0 Å². The number of rotatable bonds is 1. The molecule has 2 rings (SSSR count). The Labute approximate surface area is 124 Å². The molecule has 1 unspecified atom stereocenters. The molecule has 1 atom stereocenters. The summed E-state index contributed by atoms with van der Waals surface area (Å²) in [4.78, 5) is 32.8. The Morgan fingerprint density at radius 3 is 2.52 bits per heavy atom. The van der Waals surface area contributed by atoms with Crippen molar-refractivity contribution in [3.05, 3.63) is 0 Å². The highest BCUT2D eigenvalue weighted by Crippen LogP contribution is 2.35. The molecule has 0 bridgehead atoms. The van der Waals surface area contributed by atoms with Crippen molar-refractivity contribution in [2.75, 3.05) is 27.2 Å². The van der Waals surface area contributed by atoms with Crippen LogP contribution in [0.2, 0.25) is 0 Å². The second kappa shape index (κ2) is 5.28. The van der Waals surface area contributed by atoms with Gasteiger partial charge in [-0.3, -0.25) is 4.90 Å². The summed E-state index contributed by atoms with van der Waals surface area (Å²) in [6, 6.07) is -0.801. The first kappa shape index (κ1) is 15.2. The lowest BCUT2D eigenvalue weighted by molar-refractivity contribution is 0.0937. The summed E-state index contributed by atoms with van der Waals surface area (Å²) in [7, 11) is 3.43. The van der Waals surface area contributed by atoms with Crippen LogP contribution in [-0.4, -0.2) is 71.4 Å². The molecule has 7 heteroatoms. The van der Waals surface area contributed by atoms with Gasteiger partial charge in [0.05, 0.1) is 6.04 Å². The second-order valence-electron chi connectivity index (χ2n) is 5.69. The van der Waals surface area contributed by atoms with Crippen molar-refractivity contribution in [3.63, 3.8) is 0 Å². The van der Waals surface area contributed by atoms with E-state index in [2.05, 4.69) is 10.9 Å². The first-order chi connectivity index (χ1) is 9.83. The summed E-state index contributed by atoms with van der Waals surface area (Å²) in [5.74, 6) is 2.88. The lowest BCUT2D eigenvalue weighted by Crippen LogP contribution is -2.62. The molecule has 1 saturated heterocycles. The summed E-state index contributed by atoms with van der Waals surface area (Å²) in [5.41, 5.74) is 5.36. The average Bonchev–Trinajstić information content (AvgIpc) is 2.69. The van der Waals surface area contributed by atoms with Crippen LogP contribution in [0.4, 0.5) is 9.59 Å². The van der Waals surface area contributed by atoms with Gasteiger partial charge in [0, 0.05) is 27.2 Å². The minimum absolute atomic E-state index is 0.0405. The Kier molecular flexibility index (Phi) is 3.81. The summed E-state index contributed by atoms with van der Waals surface area (Å²) >= 11 is 0. The molecule has 0 saturated carbocycles. The van der Waals surface area contributed by atoms with E-state index in [9.17, 15) is 9.59 Å². The Balaban J connectivity index is 2.20. The Hall–Kier alpha value is -2.23. The first-order valence-electron chi connectivity index (χ1n) is 6.94. The normalized spacial score (nSPS) is 22.0. The smallest absolute Gasteiger partial charge is 0.347 e. The number of carbonyl (C=O) groups excluding carboxylic acids is 2. The van der Waals surface area contributed by atoms with Crippen molar-refractivity contribution in [1.29, 1.82) is 0 Å². The van der Waals surface area contributed by atoms with E-state index in [1.54, 1.807) is 30.8 Å². The molecule has 1 spiro atoms. The number of piperidine rings is 1. The molecule has 0 aliphatic carbocycles. The molecule has 114 valence electrons. The standard InChI is InChI=1S/C14H21N5O2/c1-5-10(2)19-12(20)16-11(15)14(19)6-8-18(9-7-14)13(21)17(3)4/h1,10H,6-9H2,2-4H3,(H2,15,16,20). The van der Waals surface area contributed by atoms with Gasteiger partial charge in [0.1, 0.15) is 11.4 Å². The SMILES string of the molecule is C#CC(C)N1C(=O)N=C(N)C12CCN(C(=O)N(C)C)CC2. The summed E-state index contributed by atoms with van der Waals surface area (Å²) in [6.07, 6.45) is 6.57. The third-order valence-electron chi connectivity index (χ3n) is 4.23. The van der Waals surface area contributed by atoms with Gasteiger partial charge in [0.2, 0.25) is 0 Å². The van der Waals surface area contributed by atoms with Gasteiger partial charge in [0.15, 0.2) is 0 Å². The minimum atomic E-state index is -0.647. The van der Waals surface area contributed by atoms with Crippen molar-refractivity contribution >= 4 is 17.9 Å². The monoisotopic (exact) mass is 291 g/mol. The van der Waals surface area contributed by atoms with E-state index in [0.29, 0.717) is 31.8 Å². The van der Waals surface area contributed by atoms with Crippen LogP contribution in [-0.2, 0) is 0 Å². The van der Waals surface area contributed by atoms with Crippen LogP contribution < -0.4 is 5.73 Å². The largest absolute Gasteiger partial charge is 0.385 e. The summed E-state index contributed by atoms with van der Waals surface area (Å²) in [5, 5.41) is 0. The van der Waals surface area contributed by atoms with E-state index < -0.39 is 5.54 Å². The molecule has 0 radical (unpaired) electrons. The van der Waals surface area contributed by atoms with E-state index in [4.69, 9.17) is 12.2 Å². The van der Waals surface area contributed by atoms with E-state index in [0.717, 1.165) is 0 Å². The minimum Gasteiger partial charge on any atom is -0.385 e. The molecular formula is C14H21N5O2. The van der Waals surface area contributed by atoms with Crippen LogP contribution in [0.15, 0.2) is 4.99 Å². The predicted octanol–water partition coefficient (Wildman–Crippen LogP) is 0.317. The van der Waals surface area contributed by atoms with Gasteiger partial charge in [-0.25, -0.2) is 9.59 Å². The third kappa shape index (κ3) is 2.31. The quantitative estimate of drug-likeness (QED) is 0.706. The highest BCUT2D eigenvalue weighted by molar-refractivity contribution is 6.06. The fraction of sp³-hybridized carbons (Fsp3) is 0.643. The molecule has 0 aromatic rings. The topological polar surface area (TPSA) is 82.2 Å². The predicted molar refractivity (Wildman–Crippen MR) is 79.8 cm³/mol. The van der Waals surface area contributed by atoms with Gasteiger partial charge in [-0.15, -0.1) is 6.42 Å². The van der Waals surface area contributed by atoms with Gasteiger partial charge in [-0.05, 0) is 19.8 Å². The molecule has 0 aromatic heterocycles. The summed E-state index contributed by atoms with van der Waals surface area (Å²) < 4.78 is 0. The molecule has 2 aliphatic rings. The van der Waals surface area contributed by atoms with Crippen LogP contribution >= 0.6 is 0 Å². The van der Waals surface area contributed by atoms with E-state index >= 15 is 0 Å². The fourth-order valence-electron chi connectivity index (χ4n) is 3.03. The van der Waals surface area contributed by atoms with E-state index in [1.807, 2.05) is 0 Å². The lowest BCUT2D eigenvalue weighted by atomic mass is 9.84. The number of aliphatic imine (C=N–C) groups is 1. The number of nitrogens with zero attached hydrogens (tertiary/aromatic N) is 4. The number of likely N-dealkylation sites (tertiary alicyclic amines) is 1. The number of amidine groups is 1. The summed E-state index contributed by atoms with van der Waals surface area (Å²) in [6.45, 7) is 2.83. The van der Waals surface area contributed by atoms with Crippen molar-refractivity contribution in [2.45, 2.75) is 31.3 Å². The zero-order valence-electron chi connectivity index (χ0n) is 12.7. The molecule has 2 heterocycles. The zero-order chi connectivity index (χ0) is 15.8. The van der Waals surface area contributed by atoms with Crippen molar-refractivity contribution in [2.24, 2.45) is 10.7 Å². The van der Waals surface area contributed by atoms with Crippen LogP contribution in [0, 0.1) is 12.3 Å². The number of hydrogen-bond acceptors (Lipinski definition) is 3. The number of carbonyl (C=O) groups is 2. The molecule has 2 N–H and O–H groups in total. The molecule has 1 fully saturated rings. The van der Waals surface area contributed by atoms with Crippen LogP contribution in [0.5, 0.6) is 0 Å². The molecule has 0 aromatic carbocycles. The van der Waals surface area contributed by atoms with Crippen LogP contribution in [0.25, 0.3) is 0 Å². The lowest BCUT2D eigenvalue weighted by Gasteiger charge is -2.45. The second-order valence-corrected chi connectivity index (χ2v) is 5.69. The molecule has 4 amide bonds. The third-order valence-corrected chi connectivity index (χ3v) is 4.23. The molecule has 21 heavy (non-hydrogen) atoms. The van der Waals surface area contributed by atoms with E-state index in [-0.39, 0.29) is 18.1 Å². The maximum Gasteiger partial charge on any atom is 0.347 e. The van der Waals surface area contributed by atoms with Crippen molar-refractivity contribution < 1.29 is 9.59 Å². The number of terminal acetylenes is 1. The van der Waals surface area contributed by atoms with Crippen molar-refractivity contribution in [1.82, 2.24) is 14.7 Å². The van der Waals surface area contributed by atoms with E-state index in [1.165, 1.54) is 4.90 Å². The molecule has 2 aliphatic heterocycles. The molecule has 7 nitrogen and oxygen atoms in total. The maximum atomic E-state index is 12.1. The van der Waals surface area contributed by atoms with Gasteiger partial charge >= 0.3 is 12.1 Å². The Morgan fingerprint density at radius 1 is 1.48 bits per heavy atom. The Bertz CT molecular complexity index is 526. The first-order valence-corrected chi connectivity index (χ1v) is 6.94. The van der Waals surface area contributed by atoms with Crippen molar-refractivity contribution in [3.8, 4) is 12.3 Å².